The third-order valence-electron chi connectivity index (χ3n) is 7.59. The summed E-state index contributed by atoms with van der Waals surface area (Å²) in [7, 11) is 0. The van der Waals surface area contributed by atoms with Crippen LogP contribution in [0, 0.1) is 0 Å². The van der Waals surface area contributed by atoms with Crippen LogP contribution in [-0.2, 0) is 4.74 Å². The molecule has 3 aliphatic heterocycles. The first kappa shape index (κ1) is 23.0. The zero-order chi connectivity index (χ0) is 25.5. The van der Waals surface area contributed by atoms with E-state index in [0.29, 0.717) is 18.2 Å². The summed E-state index contributed by atoms with van der Waals surface area (Å²) in [5.41, 5.74) is 9.81. The van der Waals surface area contributed by atoms with Crippen molar-refractivity contribution < 1.29 is 9.30 Å². The molecule has 37 heavy (non-hydrogen) atoms. The van der Waals surface area contributed by atoms with Gasteiger partial charge in [-0.3, -0.25) is 4.99 Å². The van der Waals surface area contributed by atoms with E-state index in [-0.39, 0.29) is 12.0 Å². The van der Waals surface area contributed by atoms with Gasteiger partial charge in [0.2, 0.25) is 11.4 Å². The van der Waals surface area contributed by atoms with Gasteiger partial charge in [0.25, 0.3) is 0 Å². The van der Waals surface area contributed by atoms with E-state index in [2.05, 4.69) is 103 Å². The Labute approximate surface area is 218 Å². The number of nitrogens with one attached hydrogen (secondary N) is 1. The molecule has 2 atom stereocenters. The standard InChI is InChI=1S/C33H30N3O/c1-5-30-28-14-10-9-13-27(28)29-16-15-26-20-34-23(4)37-22(3)32(26)31-19-25(24-11-7-6-8-12-24)17-18-36(31)21(2)33(29)35-30/h5-14,17-19,29,33-34H,1-4,15-16,20H2/q+1. The van der Waals surface area contributed by atoms with Crippen LogP contribution < -0.4 is 9.88 Å². The zero-order valence-electron chi connectivity index (χ0n) is 20.9. The van der Waals surface area contributed by atoms with Crippen LogP contribution in [0.4, 0.5) is 0 Å². The second-order valence-corrected chi connectivity index (χ2v) is 9.70. The summed E-state index contributed by atoms with van der Waals surface area (Å²) in [5.74, 6) is 1.30. The molecular weight excluding hydrogens is 454 g/mol. The summed E-state index contributed by atoms with van der Waals surface area (Å²) in [6, 6.07) is 23.2. The molecule has 1 N–H and O–H groups in total. The second kappa shape index (κ2) is 9.21. The fourth-order valence-electron chi connectivity index (χ4n) is 5.81. The van der Waals surface area contributed by atoms with E-state index in [0.717, 1.165) is 52.2 Å². The van der Waals surface area contributed by atoms with E-state index in [1.165, 1.54) is 11.1 Å². The number of ether oxygens (including phenoxy) is 1. The molecule has 2 aromatic carbocycles. The van der Waals surface area contributed by atoms with E-state index < -0.39 is 0 Å². The van der Waals surface area contributed by atoms with Crippen molar-refractivity contribution in [2.75, 3.05) is 6.54 Å². The number of fused-ring (bicyclic) bond motifs is 5. The molecule has 1 aromatic heterocycles. The van der Waals surface area contributed by atoms with E-state index in [1.54, 1.807) is 0 Å². The molecule has 0 bridgehead atoms. The van der Waals surface area contributed by atoms with Gasteiger partial charge in [0.05, 0.1) is 11.3 Å². The maximum absolute atomic E-state index is 6.02. The van der Waals surface area contributed by atoms with Gasteiger partial charge in [-0.05, 0) is 54.3 Å². The molecule has 0 fully saturated rings. The summed E-state index contributed by atoms with van der Waals surface area (Å²) in [4.78, 5) is 5.21. The van der Waals surface area contributed by atoms with Gasteiger partial charge in [0, 0.05) is 30.2 Å². The van der Waals surface area contributed by atoms with Crippen molar-refractivity contribution in [2.45, 2.75) is 24.8 Å². The summed E-state index contributed by atoms with van der Waals surface area (Å²) >= 11 is 0. The lowest BCUT2D eigenvalue weighted by atomic mass is 9.79. The predicted molar refractivity (Wildman–Crippen MR) is 151 cm³/mol. The monoisotopic (exact) mass is 484 g/mol. The Kier molecular flexibility index (Phi) is 5.72. The van der Waals surface area contributed by atoms with Crippen molar-refractivity contribution in [3.8, 4) is 11.1 Å². The maximum atomic E-state index is 6.02. The van der Waals surface area contributed by atoms with Crippen molar-refractivity contribution in [2.24, 2.45) is 4.99 Å². The molecule has 4 heterocycles. The van der Waals surface area contributed by atoms with Gasteiger partial charge in [-0.2, -0.15) is 4.57 Å². The number of hydrogen-bond donors (Lipinski definition) is 1. The fourth-order valence-corrected chi connectivity index (χ4v) is 5.81. The van der Waals surface area contributed by atoms with Crippen LogP contribution in [0.25, 0.3) is 22.4 Å². The summed E-state index contributed by atoms with van der Waals surface area (Å²) < 4.78 is 8.20. The average molecular weight is 485 g/mol. The normalized spacial score (nSPS) is 20.9. The highest BCUT2D eigenvalue weighted by molar-refractivity contribution is 6.10. The molecule has 0 radical (unpaired) electrons. The van der Waals surface area contributed by atoms with Crippen molar-refractivity contribution in [1.82, 2.24) is 5.32 Å². The molecule has 0 amide bonds. The van der Waals surface area contributed by atoms with Gasteiger partial charge in [0.1, 0.15) is 11.8 Å². The Morgan fingerprint density at radius 1 is 0.973 bits per heavy atom. The lowest BCUT2D eigenvalue weighted by Crippen LogP contribution is -2.43. The van der Waals surface area contributed by atoms with Gasteiger partial charge >= 0.3 is 0 Å². The number of pyridine rings is 1. The first-order chi connectivity index (χ1) is 18.0. The molecule has 0 aliphatic carbocycles. The molecule has 2 unspecified atom stereocenters. The lowest BCUT2D eigenvalue weighted by Gasteiger charge is -2.30. The Morgan fingerprint density at radius 2 is 1.76 bits per heavy atom. The summed E-state index contributed by atoms with van der Waals surface area (Å²) in [6.45, 7) is 17.7. The number of hydrogen-bond acceptors (Lipinski definition) is 3. The first-order valence-corrected chi connectivity index (χ1v) is 12.7. The Hall–Kier alpha value is -4.44. The van der Waals surface area contributed by atoms with Crippen LogP contribution in [0.15, 0.2) is 128 Å². The van der Waals surface area contributed by atoms with Crippen LogP contribution in [0.2, 0.25) is 0 Å². The van der Waals surface area contributed by atoms with E-state index in [1.807, 2.05) is 12.1 Å². The van der Waals surface area contributed by atoms with E-state index >= 15 is 0 Å². The van der Waals surface area contributed by atoms with Gasteiger partial charge < -0.3 is 10.1 Å². The molecule has 0 spiro atoms. The van der Waals surface area contributed by atoms with E-state index in [4.69, 9.17) is 9.73 Å². The lowest BCUT2D eigenvalue weighted by molar-refractivity contribution is -0.586. The second-order valence-electron chi connectivity index (χ2n) is 9.70. The third-order valence-corrected chi connectivity index (χ3v) is 7.59. The number of benzene rings is 2. The highest BCUT2D eigenvalue weighted by Gasteiger charge is 2.40. The minimum Gasteiger partial charge on any atom is -0.442 e. The van der Waals surface area contributed by atoms with Crippen molar-refractivity contribution in [3.63, 3.8) is 0 Å². The fraction of sp³-hybridized carbons (Fsp3) is 0.152. The predicted octanol–water partition coefficient (Wildman–Crippen LogP) is 6.41. The number of aliphatic imine (C=N–C) groups is 1. The zero-order valence-corrected chi connectivity index (χ0v) is 20.9. The Morgan fingerprint density at radius 3 is 2.57 bits per heavy atom. The molecule has 0 saturated heterocycles. The number of rotatable bonds is 2. The maximum Gasteiger partial charge on any atom is 0.222 e. The van der Waals surface area contributed by atoms with Crippen molar-refractivity contribution >= 4 is 17.0 Å². The van der Waals surface area contributed by atoms with Crippen LogP contribution in [0.1, 0.15) is 35.6 Å². The summed E-state index contributed by atoms with van der Waals surface area (Å²) in [5, 5.41) is 3.33. The highest BCUT2D eigenvalue weighted by Crippen LogP contribution is 2.42. The van der Waals surface area contributed by atoms with Crippen LogP contribution in [0.5, 0.6) is 0 Å². The Balaban J connectivity index is 1.59. The number of allylic oxidation sites excluding steroid dienone is 2. The minimum atomic E-state index is -0.116. The Bertz CT molecular complexity index is 1530. The molecule has 0 saturated carbocycles. The van der Waals surface area contributed by atoms with Gasteiger partial charge in [-0.25, -0.2) is 0 Å². The summed E-state index contributed by atoms with van der Waals surface area (Å²) in [6.07, 6.45) is 5.76. The topological polar surface area (TPSA) is 37.5 Å². The molecule has 6 rings (SSSR count). The molecule has 4 heteroatoms. The van der Waals surface area contributed by atoms with Crippen LogP contribution in [-0.4, -0.2) is 18.3 Å². The highest BCUT2D eigenvalue weighted by atomic mass is 16.5. The SMILES string of the molecule is C=CC1=NC2C(=C)[n+]3ccc(-c4ccccc4)cc3C3=C(CCC2c2ccccc21)CNC(=C)OC3=C. The van der Waals surface area contributed by atoms with Crippen molar-refractivity contribution in [3.05, 3.63) is 139 Å². The van der Waals surface area contributed by atoms with E-state index in [9.17, 15) is 0 Å². The van der Waals surface area contributed by atoms with Gasteiger partial charge in [-0.1, -0.05) is 67.8 Å². The molecule has 3 aliphatic rings. The van der Waals surface area contributed by atoms with Crippen LogP contribution in [0.3, 0.4) is 0 Å². The minimum absolute atomic E-state index is 0.116. The first-order valence-electron chi connectivity index (χ1n) is 12.7. The molecular formula is C33H30N3O+. The smallest absolute Gasteiger partial charge is 0.222 e. The third kappa shape index (κ3) is 3.95. The van der Waals surface area contributed by atoms with Gasteiger partial charge in [0.15, 0.2) is 12.1 Å². The van der Waals surface area contributed by atoms with Gasteiger partial charge in [-0.15, -0.1) is 0 Å². The average Bonchev–Trinajstić information content (AvgIpc) is 3.04. The quantitative estimate of drug-likeness (QED) is 0.427. The number of nitrogens with zero attached hydrogens (tertiary/aromatic N) is 2. The number of aromatic nitrogens is 1. The molecule has 3 aromatic rings. The molecule has 4 nitrogen and oxygen atoms in total. The van der Waals surface area contributed by atoms with Crippen LogP contribution >= 0.6 is 0 Å². The van der Waals surface area contributed by atoms with Crippen molar-refractivity contribution in [1.29, 1.82) is 0 Å². The largest absolute Gasteiger partial charge is 0.442 e. The molecule has 182 valence electrons.